The molecule has 148 valence electrons. The Morgan fingerprint density at radius 1 is 1.26 bits per heavy atom. The van der Waals surface area contributed by atoms with Crippen molar-refractivity contribution >= 4 is 35.5 Å². The van der Waals surface area contributed by atoms with E-state index in [4.69, 9.17) is 15.9 Å². The van der Waals surface area contributed by atoms with Gasteiger partial charge in [-0.3, -0.25) is 24.4 Å². The number of aromatic nitrogens is 1. The molecule has 0 aliphatic carbocycles. The van der Waals surface area contributed by atoms with Crippen LogP contribution in [0.15, 0.2) is 29.4 Å². The largest absolute Gasteiger partial charge is 0.480 e. The molecule has 1 aromatic heterocycles. The van der Waals surface area contributed by atoms with Crippen LogP contribution >= 0.6 is 11.8 Å². The summed E-state index contributed by atoms with van der Waals surface area (Å²) in [5.41, 5.74) is 5.32. The molecule has 0 saturated heterocycles. The lowest BCUT2D eigenvalue weighted by molar-refractivity contribution is -0.175. The molecule has 1 heterocycles. The first-order valence-electron chi connectivity index (χ1n) is 7.74. The monoisotopic (exact) mass is 400 g/mol. The number of nitrogens with one attached hydrogen (secondary N) is 1. The Hall–Kier alpha value is -2.70. The fraction of sp³-hybridized carbons (Fsp3) is 0.400. The highest BCUT2D eigenvalue weighted by molar-refractivity contribution is 7.99. The number of carboxylic acids is 2. The van der Waals surface area contributed by atoms with Crippen molar-refractivity contribution in [2.75, 3.05) is 12.3 Å². The Morgan fingerprint density at radius 3 is 2.52 bits per heavy atom. The van der Waals surface area contributed by atoms with E-state index in [1.54, 1.807) is 18.2 Å². The van der Waals surface area contributed by atoms with Crippen molar-refractivity contribution < 1.29 is 34.6 Å². The van der Waals surface area contributed by atoms with Gasteiger partial charge in [-0.05, 0) is 18.6 Å². The predicted octanol–water partition coefficient (Wildman–Crippen LogP) is -0.847. The van der Waals surface area contributed by atoms with Crippen LogP contribution in [0, 0.1) is 0 Å². The molecule has 6 N–H and O–H groups in total. The third-order valence-electron chi connectivity index (χ3n) is 3.21. The van der Waals surface area contributed by atoms with Crippen molar-refractivity contribution in [3.8, 4) is 0 Å². The summed E-state index contributed by atoms with van der Waals surface area (Å²) >= 11 is 1.11. The van der Waals surface area contributed by atoms with E-state index in [-0.39, 0.29) is 23.7 Å². The maximum Gasteiger partial charge on any atom is 0.325 e. The van der Waals surface area contributed by atoms with Gasteiger partial charge in [-0.2, -0.15) is 0 Å². The molecule has 0 saturated carbocycles. The molecule has 0 radical (unpaired) electrons. The third-order valence-corrected chi connectivity index (χ3v) is 4.25. The molecule has 2 unspecified atom stereocenters. The van der Waals surface area contributed by atoms with Crippen molar-refractivity contribution in [3.63, 3.8) is 0 Å². The molecular weight excluding hydrogens is 380 g/mol. The quantitative estimate of drug-likeness (QED) is 0.178. The van der Waals surface area contributed by atoms with Gasteiger partial charge in [-0.25, -0.2) is 10.0 Å². The van der Waals surface area contributed by atoms with Crippen molar-refractivity contribution in [1.29, 1.82) is 0 Å². The highest BCUT2D eigenvalue weighted by Crippen LogP contribution is 2.16. The lowest BCUT2D eigenvalue weighted by atomic mass is 10.1. The molecule has 12 heteroatoms. The Morgan fingerprint density at radius 2 is 1.96 bits per heavy atom. The van der Waals surface area contributed by atoms with Crippen LogP contribution < -0.4 is 11.1 Å². The van der Waals surface area contributed by atoms with Gasteiger partial charge in [0, 0.05) is 18.4 Å². The van der Waals surface area contributed by atoms with E-state index < -0.39 is 42.4 Å². The van der Waals surface area contributed by atoms with E-state index >= 15 is 0 Å². The number of thioether (sulfide) groups is 1. The maximum atomic E-state index is 12.2. The van der Waals surface area contributed by atoms with Crippen LogP contribution in [0.3, 0.4) is 0 Å². The number of aliphatic carboxylic acids is 2. The van der Waals surface area contributed by atoms with Gasteiger partial charge in [0.05, 0.1) is 5.03 Å². The highest BCUT2D eigenvalue weighted by Gasteiger charge is 2.27. The number of carboxylic acid groups (broad SMARTS) is 2. The number of carbonyl (C=O) groups is 4. The standard InChI is InChI=1S/C15H20N4O7S/c16-9(15(24)25)4-5-11(20)18-10(14(23)19(26)7-13(21)22)8-27-12-3-1-2-6-17-12/h1-3,6,9-10,26H,4-5,7-8,16H2,(H,18,20)(H,21,22)(H,24,25). The lowest BCUT2D eigenvalue weighted by Gasteiger charge is -2.22. The normalized spacial score (nSPS) is 12.7. The van der Waals surface area contributed by atoms with Crippen LogP contribution in [-0.4, -0.2) is 73.6 Å². The topological polar surface area (TPSA) is 183 Å². The smallest absolute Gasteiger partial charge is 0.325 e. The number of hydrogen-bond acceptors (Lipinski definition) is 8. The molecule has 1 aromatic rings. The number of nitrogens with zero attached hydrogens (tertiary/aromatic N) is 2. The Kier molecular flexibility index (Phi) is 9.19. The number of hydroxylamine groups is 2. The molecule has 0 aliphatic rings. The summed E-state index contributed by atoms with van der Waals surface area (Å²) in [6.45, 7) is -0.955. The van der Waals surface area contributed by atoms with Crippen LogP contribution in [0.5, 0.6) is 0 Å². The minimum atomic E-state index is -1.43. The maximum absolute atomic E-state index is 12.2. The number of carbonyl (C=O) groups excluding carboxylic acids is 2. The molecule has 0 aromatic carbocycles. The predicted molar refractivity (Wildman–Crippen MR) is 92.9 cm³/mol. The lowest BCUT2D eigenvalue weighted by Crippen LogP contribution is -2.50. The zero-order valence-electron chi connectivity index (χ0n) is 14.1. The van der Waals surface area contributed by atoms with E-state index in [2.05, 4.69) is 10.3 Å². The summed E-state index contributed by atoms with van der Waals surface area (Å²) in [6.07, 6.45) is 1.14. The van der Waals surface area contributed by atoms with Crippen molar-refractivity contribution in [3.05, 3.63) is 24.4 Å². The molecule has 0 spiro atoms. The number of amides is 2. The van der Waals surface area contributed by atoms with E-state index in [1.807, 2.05) is 0 Å². The summed E-state index contributed by atoms with van der Waals surface area (Å²) in [4.78, 5) is 49.6. The molecule has 1 rings (SSSR count). The average molecular weight is 400 g/mol. The van der Waals surface area contributed by atoms with Crippen LogP contribution in [0.4, 0.5) is 0 Å². The zero-order chi connectivity index (χ0) is 20.4. The Labute approximate surface area is 158 Å². The van der Waals surface area contributed by atoms with E-state index in [1.165, 1.54) is 6.20 Å². The molecule has 0 aliphatic heterocycles. The van der Waals surface area contributed by atoms with Gasteiger partial charge in [-0.1, -0.05) is 6.07 Å². The fourth-order valence-electron chi connectivity index (χ4n) is 1.84. The molecule has 0 fully saturated rings. The van der Waals surface area contributed by atoms with Crippen molar-refractivity contribution in [2.45, 2.75) is 30.0 Å². The second-order valence-corrected chi connectivity index (χ2v) is 6.41. The number of rotatable bonds is 11. The molecule has 27 heavy (non-hydrogen) atoms. The van der Waals surface area contributed by atoms with Gasteiger partial charge < -0.3 is 21.3 Å². The van der Waals surface area contributed by atoms with E-state index in [0.717, 1.165) is 11.8 Å². The summed E-state index contributed by atoms with van der Waals surface area (Å²) < 4.78 is 0. The second-order valence-electron chi connectivity index (χ2n) is 5.37. The van der Waals surface area contributed by atoms with E-state index in [0.29, 0.717) is 5.03 Å². The number of pyridine rings is 1. The van der Waals surface area contributed by atoms with Crippen molar-refractivity contribution in [1.82, 2.24) is 15.4 Å². The summed E-state index contributed by atoms with van der Waals surface area (Å²) in [7, 11) is 0. The number of hydrogen-bond donors (Lipinski definition) is 5. The van der Waals surface area contributed by atoms with Crippen LogP contribution in [0.25, 0.3) is 0 Å². The molecule has 2 amide bonds. The van der Waals surface area contributed by atoms with Gasteiger partial charge in [0.1, 0.15) is 18.6 Å². The molecule has 2 atom stereocenters. The van der Waals surface area contributed by atoms with Gasteiger partial charge in [0.25, 0.3) is 5.91 Å². The van der Waals surface area contributed by atoms with Gasteiger partial charge in [-0.15, -0.1) is 11.8 Å². The summed E-state index contributed by atoms with van der Waals surface area (Å²) in [5, 5.41) is 29.9. The van der Waals surface area contributed by atoms with Crippen LogP contribution in [0.1, 0.15) is 12.8 Å². The first-order valence-corrected chi connectivity index (χ1v) is 8.73. The minimum Gasteiger partial charge on any atom is -0.480 e. The summed E-state index contributed by atoms with van der Waals surface area (Å²) in [6, 6.07) is 2.63. The first-order chi connectivity index (χ1) is 12.7. The Balaban J connectivity index is 2.73. The van der Waals surface area contributed by atoms with E-state index in [9.17, 15) is 24.4 Å². The third kappa shape index (κ3) is 8.48. The molecule has 11 nitrogen and oxygen atoms in total. The SMILES string of the molecule is NC(CCC(=O)NC(CSc1ccccn1)C(=O)N(O)CC(=O)O)C(=O)O. The number of nitrogens with two attached hydrogens (primary N) is 1. The van der Waals surface area contributed by atoms with Gasteiger partial charge in [0.15, 0.2) is 0 Å². The highest BCUT2D eigenvalue weighted by atomic mass is 32.2. The van der Waals surface area contributed by atoms with Gasteiger partial charge in [0.2, 0.25) is 5.91 Å². The zero-order valence-corrected chi connectivity index (χ0v) is 15.0. The fourth-order valence-corrected chi connectivity index (χ4v) is 2.71. The van der Waals surface area contributed by atoms with Crippen molar-refractivity contribution in [2.24, 2.45) is 5.73 Å². The molecular formula is C15H20N4O7S. The molecule has 0 bridgehead atoms. The first kappa shape index (κ1) is 22.3. The Bertz CT molecular complexity index is 673. The summed E-state index contributed by atoms with van der Waals surface area (Å²) in [5.74, 6) is -4.39. The van der Waals surface area contributed by atoms with Gasteiger partial charge >= 0.3 is 11.9 Å². The second kappa shape index (κ2) is 11.1. The average Bonchev–Trinajstić information content (AvgIpc) is 2.62. The van der Waals surface area contributed by atoms with Crippen LogP contribution in [-0.2, 0) is 19.2 Å². The van der Waals surface area contributed by atoms with Crippen LogP contribution in [0.2, 0.25) is 0 Å². The minimum absolute atomic E-state index is 0.00472.